The van der Waals surface area contributed by atoms with E-state index >= 15 is 0 Å². The van der Waals surface area contributed by atoms with Crippen LogP contribution in [0.25, 0.3) is 0 Å². The first-order valence-corrected chi connectivity index (χ1v) is 7.85. The molecule has 0 spiro atoms. The number of carbonyl (C=O) groups is 2. The molecule has 25 heavy (non-hydrogen) atoms. The average Bonchev–Trinajstić information content (AvgIpc) is 3.09. The summed E-state index contributed by atoms with van der Waals surface area (Å²) in [6.45, 7) is 2.11. The van der Waals surface area contributed by atoms with Crippen molar-refractivity contribution in [3.8, 4) is 0 Å². The molecule has 2 N–H and O–H groups in total. The smallest absolute Gasteiger partial charge is 0.255 e. The fourth-order valence-corrected chi connectivity index (χ4v) is 2.42. The molecule has 1 aromatic heterocycles. The quantitative estimate of drug-likeness (QED) is 0.752. The summed E-state index contributed by atoms with van der Waals surface area (Å²) in [5.74, 6) is -0.405. The van der Waals surface area contributed by atoms with E-state index in [9.17, 15) is 9.59 Å². The van der Waals surface area contributed by atoms with Crippen LogP contribution in [0.15, 0.2) is 67.0 Å². The molecule has 0 saturated heterocycles. The van der Waals surface area contributed by atoms with Gasteiger partial charge in [-0.15, -0.1) is 0 Å². The minimum atomic E-state index is -0.230. The number of nitrogens with zero attached hydrogens (tertiary/aromatic N) is 2. The van der Waals surface area contributed by atoms with Crippen LogP contribution in [0.4, 0.5) is 11.4 Å². The van der Waals surface area contributed by atoms with Gasteiger partial charge in [-0.05, 0) is 42.0 Å². The summed E-state index contributed by atoms with van der Waals surface area (Å²) in [6.07, 6.45) is 3.64. The van der Waals surface area contributed by atoms with Gasteiger partial charge in [-0.1, -0.05) is 18.2 Å². The van der Waals surface area contributed by atoms with Crippen LogP contribution in [-0.2, 0) is 11.3 Å². The van der Waals surface area contributed by atoms with Gasteiger partial charge >= 0.3 is 0 Å². The maximum Gasteiger partial charge on any atom is 0.255 e. The molecular formula is C19H18N4O2. The van der Waals surface area contributed by atoms with Crippen LogP contribution in [0.5, 0.6) is 0 Å². The van der Waals surface area contributed by atoms with Gasteiger partial charge in [0.25, 0.3) is 5.91 Å². The summed E-state index contributed by atoms with van der Waals surface area (Å²) >= 11 is 0. The molecule has 0 aliphatic rings. The SMILES string of the molecule is CC(=O)Nc1cccc(C(=O)Nc2ccc(Cn3cccn3)cc2)c1. The summed E-state index contributed by atoms with van der Waals surface area (Å²) in [6, 6.07) is 16.3. The Morgan fingerprint density at radius 3 is 2.48 bits per heavy atom. The molecule has 0 fully saturated rings. The predicted molar refractivity (Wildman–Crippen MR) is 96.5 cm³/mol. The molecule has 3 aromatic rings. The van der Waals surface area contributed by atoms with E-state index in [4.69, 9.17) is 0 Å². The van der Waals surface area contributed by atoms with E-state index in [0.717, 1.165) is 5.56 Å². The molecule has 0 aliphatic heterocycles. The first-order chi connectivity index (χ1) is 12.1. The van der Waals surface area contributed by atoms with Crippen LogP contribution >= 0.6 is 0 Å². The lowest BCUT2D eigenvalue weighted by Gasteiger charge is -2.08. The Morgan fingerprint density at radius 2 is 1.80 bits per heavy atom. The van der Waals surface area contributed by atoms with Crippen molar-refractivity contribution in [2.75, 3.05) is 10.6 Å². The van der Waals surface area contributed by atoms with Gasteiger partial charge in [-0.25, -0.2) is 0 Å². The van der Waals surface area contributed by atoms with Gasteiger partial charge < -0.3 is 10.6 Å². The van der Waals surface area contributed by atoms with Crippen LogP contribution in [-0.4, -0.2) is 21.6 Å². The monoisotopic (exact) mass is 334 g/mol. The fourth-order valence-electron chi connectivity index (χ4n) is 2.42. The van der Waals surface area contributed by atoms with E-state index in [1.165, 1.54) is 6.92 Å². The van der Waals surface area contributed by atoms with Crippen molar-refractivity contribution in [3.05, 3.63) is 78.1 Å². The Bertz CT molecular complexity index is 871. The van der Waals surface area contributed by atoms with Crippen LogP contribution in [0, 0.1) is 0 Å². The van der Waals surface area contributed by atoms with E-state index in [0.29, 0.717) is 23.5 Å². The largest absolute Gasteiger partial charge is 0.326 e. The van der Waals surface area contributed by atoms with E-state index in [-0.39, 0.29) is 11.8 Å². The third kappa shape index (κ3) is 4.54. The van der Waals surface area contributed by atoms with Crippen LogP contribution in [0.1, 0.15) is 22.8 Å². The number of hydrogen-bond donors (Lipinski definition) is 2. The number of carbonyl (C=O) groups excluding carboxylic acids is 2. The molecule has 0 atom stereocenters. The summed E-state index contributed by atoms with van der Waals surface area (Å²) in [4.78, 5) is 23.5. The second-order valence-corrected chi connectivity index (χ2v) is 5.62. The van der Waals surface area contributed by atoms with Crippen molar-refractivity contribution in [3.63, 3.8) is 0 Å². The highest BCUT2D eigenvalue weighted by atomic mass is 16.2. The summed E-state index contributed by atoms with van der Waals surface area (Å²) in [7, 11) is 0. The molecule has 1 heterocycles. The summed E-state index contributed by atoms with van der Waals surface area (Å²) < 4.78 is 1.83. The third-order valence-electron chi connectivity index (χ3n) is 3.56. The van der Waals surface area contributed by atoms with E-state index in [2.05, 4.69) is 15.7 Å². The van der Waals surface area contributed by atoms with Crippen molar-refractivity contribution in [1.29, 1.82) is 0 Å². The van der Waals surface area contributed by atoms with Gasteiger partial charge in [0, 0.05) is 36.3 Å². The number of anilines is 2. The van der Waals surface area contributed by atoms with Gasteiger partial charge in [0.1, 0.15) is 0 Å². The lowest BCUT2D eigenvalue weighted by Crippen LogP contribution is -2.13. The minimum Gasteiger partial charge on any atom is -0.326 e. The number of hydrogen-bond acceptors (Lipinski definition) is 3. The number of amides is 2. The maximum atomic E-state index is 12.4. The fraction of sp³-hybridized carbons (Fsp3) is 0.105. The molecule has 0 unspecified atom stereocenters. The van der Waals surface area contributed by atoms with Gasteiger partial charge in [0.2, 0.25) is 5.91 Å². The topological polar surface area (TPSA) is 76.0 Å². The number of rotatable bonds is 5. The van der Waals surface area contributed by atoms with Crippen LogP contribution in [0.3, 0.4) is 0 Å². The standard InChI is InChI=1S/C19H18N4O2/c1-14(24)21-18-5-2-4-16(12-18)19(25)22-17-8-6-15(7-9-17)13-23-11-3-10-20-23/h2-12H,13H2,1H3,(H,21,24)(H,22,25). The van der Waals surface area contributed by atoms with Crippen molar-refractivity contribution in [1.82, 2.24) is 9.78 Å². The van der Waals surface area contributed by atoms with Crippen LogP contribution < -0.4 is 10.6 Å². The highest BCUT2D eigenvalue weighted by molar-refractivity contribution is 6.05. The zero-order valence-electron chi connectivity index (χ0n) is 13.8. The van der Waals surface area contributed by atoms with Gasteiger partial charge in [0.05, 0.1) is 6.54 Å². The van der Waals surface area contributed by atoms with Crippen molar-refractivity contribution < 1.29 is 9.59 Å². The first kappa shape index (κ1) is 16.4. The van der Waals surface area contributed by atoms with E-state index in [1.54, 1.807) is 30.5 Å². The molecule has 0 aliphatic carbocycles. The number of benzene rings is 2. The number of aromatic nitrogens is 2. The van der Waals surface area contributed by atoms with Gasteiger partial charge in [-0.2, -0.15) is 5.10 Å². The second-order valence-electron chi connectivity index (χ2n) is 5.62. The molecule has 0 bridgehead atoms. The molecule has 6 nitrogen and oxygen atoms in total. The van der Waals surface area contributed by atoms with Gasteiger partial charge in [-0.3, -0.25) is 14.3 Å². The molecular weight excluding hydrogens is 316 g/mol. The Labute approximate surface area is 145 Å². The molecule has 2 amide bonds. The minimum absolute atomic E-state index is 0.176. The zero-order valence-corrected chi connectivity index (χ0v) is 13.8. The average molecular weight is 334 g/mol. The summed E-state index contributed by atoms with van der Waals surface area (Å²) in [5.41, 5.74) is 2.87. The van der Waals surface area contributed by atoms with Gasteiger partial charge in [0.15, 0.2) is 0 Å². The lowest BCUT2D eigenvalue weighted by atomic mass is 10.1. The Kier molecular flexibility index (Phi) is 4.89. The highest BCUT2D eigenvalue weighted by Crippen LogP contribution is 2.15. The maximum absolute atomic E-state index is 12.4. The van der Waals surface area contributed by atoms with Crippen LogP contribution in [0.2, 0.25) is 0 Å². The molecule has 3 rings (SSSR count). The lowest BCUT2D eigenvalue weighted by molar-refractivity contribution is -0.114. The number of nitrogens with one attached hydrogen (secondary N) is 2. The Hall–Kier alpha value is -3.41. The normalized spacial score (nSPS) is 10.3. The molecule has 2 aromatic carbocycles. The third-order valence-corrected chi connectivity index (χ3v) is 3.56. The molecule has 126 valence electrons. The van der Waals surface area contributed by atoms with Crippen molar-refractivity contribution in [2.24, 2.45) is 0 Å². The molecule has 0 saturated carbocycles. The Morgan fingerprint density at radius 1 is 1.00 bits per heavy atom. The van der Waals surface area contributed by atoms with Crippen molar-refractivity contribution >= 4 is 23.2 Å². The molecule has 0 radical (unpaired) electrons. The first-order valence-electron chi connectivity index (χ1n) is 7.85. The van der Waals surface area contributed by atoms with E-state index in [1.807, 2.05) is 41.2 Å². The van der Waals surface area contributed by atoms with Crippen molar-refractivity contribution in [2.45, 2.75) is 13.5 Å². The highest BCUT2D eigenvalue weighted by Gasteiger charge is 2.07. The zero-order chi connectivity index (χ0) is 17.6. The van der Waals surface area contributed by atoms with E-state index < -0.39 is 0 Å². The second kappa shape index (κ2) is 7.44. The Balaban J connectivity index is 1.65. The predicted octanol–water partition coefficient (Wildman–Crippen LogP) is 3.14. The summed E-state index contributed by atoms with van der Waals surface area (Å²) in [5, 5.41) is 9.68. The molecule has 6 heteroatoms.